The minimum absolute atomic E-state index is 0.0109. The third-order valence-electron chi connectivity index (χ3n) is 6.81. The molecular weight excluding hydrogens is 506 g/mol. The maximum atomic E-state index is 13.1. The highest BCUT2D eigenvalue weighted by molar-refractivity contribution is 7.22. The molecular formula is C27H35N5O3S2. The summed E-state index contributed by atoms with van der Waals surface area (Å²) in [4.78, 5) is 46.6. The number of thiazole rings is 1. The number of hydrogen-bond acceptors (Lipinski definition) is 7. The van der Waals surface area contributed by atoms with E-state index in [4.69, 9.17) is 4.98 Å². The average Bonchev–Trinajstić information content (AvgIpc) is 3.43. The van der Waals surface area contributed by atoms with Gasteiger partial charge in [-0.2, -0.15) is 0 Å². The fourth-order valence-corrected chi connectivity index (χ4v) is 7.07. The van der Waals surface area contributed by atoms with Crippen molar-refractivity contribution in [2.75, 3.05) is 31.5 Å². The molecule has 0 aliphatic carbocycles. The number of aromatic nitrogens is 1. The smallest absolute Gasteiger partial charge is 0.226 e. The highest BCUT2D eigenvalue weighted by Crippen LogP contribution is 2.45. The second-order valence-electron chi connectivity index (χ2n) is 9.47. The number of fused-ring (bicyclic) bond motifs is 2. The third kappa shape index (κ3) is 6.55. The van der Waals surface area contributed by atoms with Gasteiger partial charge in [0.1, 0.15) is 10.0 Å². The predicted octanol–water partition coefficient (Wildman–Crippen LogP) is 4.49. The van der Waals surface area contributed by atoms with E-state index in [0.717, 1.165) is 58.3 Å². The maximum Gasteiger partial charge on any atom is 0.226 e. The molecule has 3 aromatic rings. The number of anilines is 1. The second kappa shape index (κ2) is 12.1. The van der Waals surface area contributed by atoms with Crippen molar-refractivity contribution in [3.8, 4) is 10.6 Å². The summed E-state index contributed by atoms with van der Waals surface area (Å²) in [5, 5.41) is 7.79. The van der Waals surface area contributed by atoms with E-state index < -0.39 is 0 Å². The Morgan fingerprint density at radius 3 is 2.68 bits per heavy atom. The molecule has 37 heavy (non-hydrogen) atoms. The van der Waals surface area contributed by atoms with Gasteiger partial charge in [0.25, 0.3) is 0 Å². The van der Waals surface area contributed by atoms with E-state index in [2.05, 4.69) is 21.6 Å². The number of nitrogens with zero attached hydrogens (tertiary/aromatic N) is 3. The van der Waals surface area contributed by atoms with Crippen LogP contribution in [0.25, 0.3) is 20.8 Å². The SMILES string of the molecule is CCC(C)N(CCC(=O)Nc1sc2c(c1-c1nc3ccccc3s1)CCN(CCNC(C)=O)C2)C(C)=O. The summed E-state index contributed by atoms with van der Waals surface area (Å²) in [6.45, 7) is 10.6. The first-order chi connectivity index (χ1) is 17.8. The van der Waals surface area contributed by atoms with E-state index in [1.807, 2.05) is 32.0 Å². The molecule has 1 unspecified atom stereocenters. The first kappa shape index (κ1) is 27.2. The molecule has 1 aromatic carbocycles. The highest BCUT2D eigenvalue weighted by Gasteiger charge is 2.28. The predicted molar refractivity (Wildman–Crippen MR) is 151 cm³/mol. The lowest BCUT2D eigenvalue weighted by atomic mass is 10.0. The number of carbonyl (C=O) groups excluding carboxylic acids is 3. The standard InChI is InChI=1S/C27H35N5O3S2/c1-5-17(2)32(19(4)34)14-11-24(35)30-27-25(26-29-21-8-6-7-9-22(21)36-26)20-10-13-31(16-23(20)37-27)15-12-28-18(3)33/h6-9,17H,5,10-16H2,1-4H3,(H,28,33)(H,30,35). The van der Waals surface area contributed by atoms with Gasteiger partial charge in [0, 0.05) is 69.5 Å². The molecule has 0 spiro atoms. The number of hydrogen-bond donors (Lipinski definition) is 2. The van der Waals surface area contributed by atoms with Crippen molar-refractivity contribution in [2.45, 2.75) is 59.5 Å². The van der Waals surface area contributed by atoms with Crippen LogP contribution in [0.4, 0.5) is 5.00 Å². The number of benzene rings is 1. The minimum Gasteiger partial charge on any atom is -0.355 e. The van der Waals surface area contributed by atoms with Crippen molar-refractivity contribution < 1.29 is 14.4 Å². The number of para-hydroxylation sites is 1. The molecule has 0 fully saturated rings. The molecule has 0 bridgehead atoms. The number of rotatable bonds is 10. The van der Waals surface area contributed by atoms with Gasteiger partial charge in [-0.1, -0.05) is 19.1 Å². The fraction of sp³-hybridized carbons (Fsp3) is 0.481. The van der Waals surface area contributed by atoms with Crippen LogP contribution >= 0.6 is 22.7 Å². The normalized spacial score (nSPS) is 14.3. The van der Waals surface area contributed by atoms with Gasteiger partial charge in [0.05, 0.1) is 10.2 Å². The average molecular weight is 542 g/mol. The fourth-order valence-electron chi connectivity index (χ4n) is 4.65. The van der Waals surface area contributed by atoms with Crippen molar-refractivity contribution in [2.24, 2.45) is 0 Å². The van der Waals surface area contributed by atoms with Gasteiger partial charge < -0.3 is 15.5 Å². The van der Waals surface area contributed by atoms with Crippen LogP contribution in [0.1, 0.15) is 51.0 Å². The summed E-state index contributed by atoms with van der Waals surface area (Å²) >= 11 is 3.26. The van der Waals surface area contributed by atoms with Gasteiger partial charge in [-0.3, -0.25) is 19.3 Å². The van der Waals surface area contributed by atoms with Crippen LogP contribution in [0.15, 0.2) is 24.3 Å². The minimum atomic E-state index is -0.0991. The van der Waals surface area contributed by atoms with Gasteiger partial charge in [0.2, 0.25) is 17.7 Å². The Labute approximate surface area is 226 Å². The number of carbonyl (C=O) groups is 3. The summed E-state index contributed by atoms with van der Waals surface area (Å²) in [5.41, 5.74) is 3.24. The van der Waals surface area contributed by atoms with Gasteiger partial charge in [-0.15, -0.1) is 22.7 Å². The topological polar surface area (TPSA) is 94.6 Å². The van der Waals surface area contributed by atoms with Gasteiger partial charge in [-0.05, 0) is 37.5 Å². The zero-order valence-corrected chi connectivity index (χ0v) is 23.6. The lowest BCUT2D eigenvalue weighted by Crippen LogP contribution is -2.38. The van der Waals surface area contributed by atoms with Gasteiger partial charge in [-0.25, -0.2) is 4.98 Å². The molecule has 1 aliphatic heterocycles. The molecule has 0 saturated heterocycles. The third-order valence-corrected chi connectivity index (χ3v) is 8.99. The van der Waals surface area contributed by atoms with E-state index in [1.165, 1.54) is 17.4 Å². The van der Waals surface area contributed by atoms with Crippen molar-refractivity contribution in [1.29, 1.82) is 0 Å². The first-order valence-corrected chi connectivity index (χ1v) is 14.4. The van der Waals surface area contributed by atoms with Crippen LogP contribution in [-0.2, 0) is 27.3 Å². The lowest BCUT2D eigenvalue weighted by molar-refractivity contribution is -0.131. The molecule has 2 N–H and O–H groups in total. The number of amides is 3. The van der Waals surface area contributed by atoms with Gasteiger partial charge in [0.15, 0.2) is 0 Å². The van der Waals surface area contributed by atoms with Crippen molar-refractivity contribution in [3.05, 3.63) is 34.7 Å². The lowest BCUT2D eigenvalue weighted by Gasteiger charge is -2.27. The molecule has 8 nitrogen and oxygen atoms in total. The number of thiophene rings is 1. The molecule has 2 aromatic heterocycles. The van der Waals surface area contributed by atoms with Crippen LogP contribution < -0.4 is 10.6 Å². The van der Waals surface area contributed by atoms with Crippen molar-refractivity contribution >= 4 is 55.6 Å². The Morgan fingerprint density at radius 2 is 1.97 bits per heavy atom. The molecule has 1 aliphatic rings. The highest BCUT2D eigenvalue weighted by atomic mass is 32.1. The summed E-state index contributed by atoms with van der Waals surface area (Å²) in [5.74, 6) is -0.130. The van der Waals surface area contributed by atoms with E-state index >= 15 is 0 Å². The Morgan fingerprint density at radius 1 is 1.19 bits per heavy atom. The van der Waals surface area contributed by atoms with Crippen LogP contribution in [0, 0.1) is 0 Å². The Bertz CT molecular complexity index is 1250. The zero-order chi connectivity index (χ0) is 26.5. The maximum absolute atomic E-state index is 13.1. The Kier molecular flexibility index (Phi) is 8.94. The van der Waals surface area contributed by atoms with Gasteiger partial charge >= 0.3 is 0 Å². The monoisotopic (exact) mass is 541 g/mol. The second-order valence-corrected chi connectivity index (χ2v) is 11.6. The largest absolute Gasteiger partial charge is 0.355 e. The summed E-state index contributed by atoms with van der Waals surface area (Å²) in [6.07, 6.45) is 1.95. The summed E-state index contributed by atoms with van der Waals surface area (Å²) < 4.78 is 1.12. The molecule has 3 heterocycles. The summed E-state index contributed by atoms with van der Waals surface area (Å²) in [6, 6.07) is 8.19. The van der Waals surface area contributed by atoms with E-state index in [0.29, 0.717) is 13.1 Å². The molecule has 0 saturated carbocycles. The first-order valence-electron chi connectivity index (χ1n) is 12.8. The van der Waals surface area contributed by atoms with E-state index in [1.54, 1.807) is 34.5 Å². The number of nitrogens with one attached hydrogen (secondary N) is 2. The van der Waals surface area contributed by atoms with Crippen LogP contribution in [0.5, 0.6) is 0 Å². The molecule has 3 amide bonds. The molecule has 198 valence electrons. The van der Waals surface area contributed by atoms with Crippen molar-refractivity contribution in [1.82, 2.24) is 20.1 Å². The van der Waals surface area contributed by atoms with Crippen LogP contribution in [0.2, 0.25) is 0 Å². The van der Waals surface area contributed by atoms with Crippen LogP contribution in [-0.4, -0.2) is 64.7 Å². The quantitative estimate of drug-likeness (QED) is 0.394. The van der Waals surface area contributed by atoms with E-state index in [9.17, 15) is 14.4 Å². The van der Waals surface area contributed by atoms with E-state index in [-0.39, 0.29) is 30.2 Å². The molecule has 4 rings (SSSR count). The molecule has 1 atom stereocenters. The van der Waals surface area contributed by atoms with Crippen LogP contribution in [0.3, 0.4) is 0 Å². The Hall–Kier alpha value is -2.82. The molecule has 0 radical (unpaired) electrons. The molecule has 10 heteroatoms. The Balaban J connectivity index is 1.57. The van der Waals surface area contributed by atoms with Crippen molar-refractivity contribution in [3.63, 3.8) is 0 Å². The zero-order valence-electron chi connectivity index (χ0n) is 21.9. The summed E-state index contributed by atoms with van der Waals surface area (Å²) in [7, 11) is 0.